The highest BCUT2D eigenvalue weighted by Gasteiger charge is 2.26. The third-order valence-corrected chi connectivity index (χ3v) is 6.87. The minimum absolute atomic E-state index is 0.175. The summed E-state index contributed by atoms with van der Waals surface area (Å²) in [5, 5.41) is 3.46. The fourth-order valence-corrected chi connectivity index (χ4v) is 5.10. The van der Waals surface area contributed by atoms with Crippen LogP contribution in [-0.2, 0) is 10.0 Å². The van der Waals surface area contributed by atoms with Gasteiger partial charge in [-0.2, -0.15) is 4.31 Å². The molecule has 2 aromatic rings. The van der Waals surface area contributed by atoms with Crippen LogP contribution in [0.15, 0.2) is 41.3 Å². The van der Waals surface area contributed by atoms with Crippen LogP contribution < -0.4 is 5.32 Å². The van der Waals surface area contributed by atoms with Gasteiger partial charge in [-0.1, -0.05) is 35.7 Å². The molecule has 0 aliphatic carbocycles. The summed E-state index contributed by atoms with van der Waals surface area (Å²) in [6.07, 6.45) is 2.78. The van der Waals surface area contributed by atoms with Crippen LogP contribution in [-0.4, -0.2) is 31.7 Å². The van der Waals surface area contributed by atoms with Crippen molar-refractivity contribution in [1.29, 1.82) is 0 Å². The van der Waals surface area contributed by atoms with Crippen LogP contribution in [0.5, 0.6) is 0 Å². The van der Waals surface area contributed by atoms with Gasteiger partial charge >= 0.3 is 0 Å². The second-order valence-electron chi connectivity index (χ2n) is 6.55. The van der Waals surface area contributed by atoms with Crippen molar-refractivity contribution in [3.8, 4) is 0 Å². The Morgan fingerprint density at radius 2 is 1.63 bits per heavy atom. The molecular formula is C19H20Cl2N2O3S. The molecule has 27 heavy (non-hydrogen) atoms. The summed E-state index contributed by atoms with van der Waals surface area (Å²) >= 11 is 11.9. The van der Waals surface area contributed by atoms with E-state index in [1.165, 1.54) is 28.6 Å². The standard InChI is InChI=1S/C19H20Cl2N2O3S/c1-13-5-6-17(27(25,26)23-7-3-2-4-8-23)12-18(13)22-19(24)14-9-15(20)11-16(21)10-14/h5-6,9-12H,2-4,7-8H2,1H3,(H,22,24). The molecular weight excluding hydrogens is 407 g/mol. The number of hydrogen-bond acceptors (Lipinski definition) is 3. The number of nitrogens with one attached hydrogen (secondary N) is 1. The number of carbonyl (C=O) groups is 1. The third kappa shape index (κ3) is 4.63. The highest BCUT2D eigenvalue weighted by molar-refractivity contribution is 7.89. The first-order valence-electron chi connectivity index (χ1n) is 8.65. The number of hydrogen-bond donors (Lipinski definition) is 1. The molecule has 1 aliphatic heterocycles. The Kier molecular flexibility index (Phi) is 6.11. The lowest BCUT2D eigenvalue weighted by atomic mass is 10.1. The molecule has 0 unspecified atom stereocenters. The zero-order valence-electron chi connectivity index (χ0n) is 14.8. The van der Waals surface area contributed by atoms with Gasteiger partial charge in [-0.25, -0.2) is 8.42 Å². The Morgan fingerprint density at radius 1 is 1.00 bits per heavy atom. The molecule has 0 aromatic heterocycles. The fourth-order valence-electron chi connectivity index (χ4n) is 3.03. The van der Waals surface area contributed by atoms with Crippen LogP contribution in [0.3, 0.4) is 0 Å². The average molecular weight is 427 g/mol. The smallest absolute Gasteiger partial charge is 0.255 e. The first-order valence-corrected chi connectivity index (χ1v) is 10.9. The number of amides is 1. The molecule has 3 rings (SSSR count). The van der Waals surface area contributed by atoms with Gasteiger partial charge in [0.2, 0.25) is 10.0 Å². The predicted molar refractivity (Wildman–Crippen MR) is 108 cm³/mol. The Morgan fingerprint density at radius 3 is 2.26 bits per heavy atom. The highest BCUT2D eigenvalue weighted by atomic mass is 35.5. The monoisotopic (exact) mass is 426 g/mol. The number of halogens is 2. The number of nitrogens with zero attached hydrogens (tertiary/aromatic N) is 1. The van der Waals surface area contributed by atoms with Crippen LogP contribution in [0.1, 0.15) is 35.2 Å². The molecule has 0 atom stereocenters. The predicted octanol–water partition coefficient (Wildman–Crippen LogP) is 4.73. The normalized spacial score (nSPS) is 15.5. The molecule has 1 heterocycles. The van der Waals surface area contributed by atoms with Crippen LogP contribution in [0, 0.1) is 6.92 Å². The summed E-state index contributed by atoms with van der Waals surface area (Å²) in [7, 11) is -3.58. The molecule has 0 radical (unpaired) electrons. The maximum atomic E-state index is 12.9. The van der Waals surface area contributed by atoms with Crippen molar-refractivity contribution in [2.24, 2.45) is 0 Å². The lowest BCUT2D eigenvalue weighted by Gasteiger charge is -2.26. The quantitative estimate of drug-likeness (QED) is 0.767. The first kappa shape index (κ1) is 20.1. The molecule has 2 aromatic carbocycles. The van der Waals surface area contributed by atoms with Crippen LogP contribution in [0.2, 0.25) is 10.0 Å². The molecule has 0 bridgehead atoms. The second-order valence-corrected chi connectivity index (χ2v) is 9.36. The van der Waals surface area contributed by atoms with E-state index in [0.717, 1.165) is 24.8 Å². The van der Waals surface area contributed by atoms with Crippen molar-refractivity contribution in [1.82, 2.24) is 4.31 Å². The van der Waals surface area contributed by atoms with Gasteiger partial charge in [-0.05, 0) is 55.7 Å². The van der Waals surface area contributed by atoms with E-state index in [4.69, 9.17) is 23.2 Å². The summed E-state index contributed by atoms with van der Waals surface area (Å²) in [4.78, 5) is 12.7. The van der Waals surface area contributed by atoms with Gasteiger partial charge in [0, 0.05) is 34.4 Å². The van der Waals surface area contributed by atoms with Crippen molar-refractivity contribution >= 4 is 44.8 Å². The molecule has 1 aliphatic rings. The SMILES string of the molecule is Cc1ccc(S(=O)(=O)N2CCCCC2)cc1NC(=O)c1cc(Cl)cc(Cl)c1. The van der Waals surface area contributed by atoms with Gasteiger partial charge in [0.05, 0.1) is 4.90 Å². The number of piperidine rings is 1. The minimum Gasteiger partial charge on any atom is -0.322 e. The molecule has 5 nitrogen and oxygen atoms in total. The van der Waals surface area contributed by atoms with Crippen LogP contribution in [0.25, 0.3) is 0 Å². The molecule has 1 N–H and O–H groups in total. The van der Waals surface area contributed by atoms with E-state index in [1.54, 1.807) is 19.1 Å². The number of aryl methyl sites for hydroxylation is 1. The zero-order valence-corrected chi connectivity index (χ0v) is 17.2. The molecule has 1 fully saturated rings. The largest absolute Gasteiger partial charge is 0.322 e. The number of rotatable bonds is 4. The molecule has 0 saturated carbocycles. The average Bonchev–Trinajstić information content (AvgIpc) is 2.63. The van der Waals surface area contributed by atoms with Gasteiger partial charge in [0.15, 0.2) is 0 Å². The fraction of sp³-hybridized carbons (Fsp3) is 0.316. The van der Waals surface area contributed by atoms with Crippen molar-refractivity contribution in [3.05, 3.63) is 57.6 Å². The molecule has 1 amide bonds. The number of benzene rings is 2. The summed E-state index contributed by atoms with van der Waals surface area (Å²) < 4.78 is 27.3. The lowest BCUT2D eigenvalue weighted by molar-refractivity contribution is 0.102. The Balaban J connectivity index is 1.88. The Hall–Kier alpha value is -1.60. The molecule has 1 saturated heterocycles. The maximum Gasteiger partial charge on any atom is 0.255 e. The lowest BCUT2D eigenvalue weighted by Crippen LogP contribution is -2.35. The maximum absolute atomic E-state index is 12.9. The highest BCUT2D eigenvalue weighted by Crippen LogP contribution is 2.26. The number of carbonyl (C=O) groups excluding carboxylic acids is 1. The van der Waals surface area contributed by atoms with Crippen LogP contribution >= 0.6 is 23.2 Å². The van der Waals surface area contributed by atoms with Crippen molar-refractivity contribution in [3.63, 3.8) is 0 Å². The van der Waals surface area contributed by atoms with E-state index >= 15 is 0 Å². The van der Waals surface area contributed by atoms with Crippen molar-refractivity contribution < 1.29 is 13.2 Å². The molecule has 0 spiro atoms. The summed E-state index contributed by atoms with van der Waals surface area (Å²) in [5.41, 5.74) is 1.50. The third-order valence-electron chi connectivity index (χ3n) is 4.53. The zero-order chi connectivity index (χ0) is 19.6. The summed E-state index contributed by atoms with van der Waals surface area (Å²) in [5.74, 6) is -0.407. The Bertz CT molecular complexity index is 951. The molecule has 144 valence electrons. The van der Waals surface area contributed by atoms with E-state index in [-0.39, 0.29) is 4.90 Å². The van der Waals surface area contributed by atoms with E-state index in [2.05, 4.69) is 5.32 Å². The van der Waals surface area contributed by atoms with E-state index in [0.29, 0.717) is 34.4 Å². The first-order chi connectivity index (χ1) is 12.8. The van der Waals surface area contributed by atoms with Crippen molar-refractivity contribution in [2.75, 3.05) is 18.4 Å². The van der Waals surface area contributed by atoms with E-state index in [9.17, 15) is 13.2 Å². The van der Waals surface area contributed by atoms with Gasteiger partial charge in [-0.3, -0.25) is 4.79 Å². The number of sulfonamides is 1. The van der Waals surface area contributed by atoms with Crippen molar-refractivity contribution in [2.45, 2.75) is 31.1 Å². The topological polar surface area (TPSA) is 66.5 Å². The van der Waals surface area contributed by atoms with E-state index in [1.807, 2.05) is 0 Å². The van der Waals surface area contributed by atoms with Crippen LogP contribution in [0.4, 0.5) is 5.69 Å². The van der Waals surface area contributed by atoms with Gasteiger partial charge in [0.1, 0.15) is 0 Å². The van der Waals surface area contributed by atoms with Gasteiger partial charge < -0.3 is 5.32 Å². The van der Waals surface area contributed by atoms with Gasteiger partial charge in [-0.15, -0.1) is 0 Å². The minimum atomic E-state index is -3.58. The van der Waals surface area contributed by atoms with E-state index < -0.39 is 15.9 Å². The second kappa shape index (κ2) is 8.19. The van der Waals surface area contributed by atoms with Gasteiger partial charge in [0.25, 0.3) is 5.91 Å². The summed E-state index contributed by atoms with van der Waals surface area (Å²) in [6, 6.07) is 9.32. The Labute approximate surface area is 169 Å². The molecule has 8 heteroatoms. The summed E-state index contributed by atoms with van der Waals surface area (Å²) in [6.45, 7) is 2.86. The number of anilines is 1.